The van der Waals surface area contributed by atoms with E-state index in [4.69, 9.17) is 9.47 Å². The first-order valence-corrected chi connectivity index (χ1v) is 11.0. The van der Waals surface area contributed by atoms with Crippen LogP contribution in [0.4, 0.5) is 17.1 Å². The average Bonchev–Trinajstić information content (AvgIpc) is 2.79. The van der Waals surface area contributed by atoms with Crippen molar-refractivity contribution in [3.63, 3.8) is 0 Å². The zero-order valence-corrected chi connectivity index (χ0v) is 18.8. The monoisotopic (exact) mass is 471 g/mol. The van der Waals surface area contributed by atoms with E-state index in [2.05, 4.69) is 10.0 Å². The molecule has 10 nitrogen and oxygen atoms in total. The third-order valence-corrected chi connectivity index (χ3v) is 6.12. The Balaban J connectivity index is 1.89. The van der Waals surface area contributed by atoms with Crippen molar-refractivity contribution in [1.82, 2.24) is 0 Å². The van der Waals surface area contributed by atoms with Crippen LogP contribution in [0.25, 0.3) is 0 Å². The molecular weight excluding hydrogens is 450 g/mol. The molecule has 0 heterocycles. The third-order valence-electron chi connectivity index (χ3n) is 4.72. The molecule has 0 radical (unpaired) electrons. The Morgan fingerprint density at radius 2 is 1.61 bits per heavy atom. The van der Waals surface area contributed by atoms with E-state index in [9.17, 15) is 23.3 Å². The van der Waals surface area contributed by atoms with E-state index < -0.39 is 20.9 Å². The summed E-state index contributed by atoms with van der Waals surface area (Å²) in [7, 11) is -1.26. The lowest BCUT2D eigenvalue weighted by molar-refractivity contribution is -0.385. The van der Waals surface area contributed by atoms with Gasteiger partial charge in [-0.1, -0.05) is 6.07 Å². The summed E-state index contributed by atoms with van der Waals surface area (Å²) in [5, 5.41) is 13.7. The van der Waals surface area contributed by atoms with Gasteiger partial charge in [-0.05, 0) is 55.5 Å². The van der Waals surface area contributed by atoms with E-state index in [1.54, 1.807) is 31.2 Å². The Morgan fingerprint density at radius 1 is 0.939 bits per heavy atom. The minimum Gasteiger partial charge on any atom is -0.497 e. The molecule has 0 spiro atoms. The molecule has 11 heteroatoms. The van der Waals surface area contributed by atoms with Crippen LogP contribution in [0.5, 0.6) is 11.5 Å². The van der Waals surface area contributed by atoms with Gasteiger partial charge in [-0.2, -0.15) is 0 Å². The van der Waals surface area contributed by atoms with Crippen LogP contribution in [0.2, 0.25) is 0 Å². The van der Waals surface area contributed by atoms with Crippen molar-refractivity contribution in [2.24, 2.45) is 0 Å². The van der Waals surface area contributed by atoms with Crippen molar-refractivity contribution in [2.75, 3.05) is 24.3 Å². The molecule has 3 aromatic rings. The topological polar surface area (TPSA) is 137 Å². The molecule has 3 aromatic carbocycles. The molecule has 3 rings (SSSR count). The molecule has 0 aliphatic rings. The summed E-state index contributed by atoms with van der Waals surface area (Å²) < 4.78 is 38.7. The second-order valence-corrected chi connectivity index (χ2v) is 8.56. The molecule has 0 fully saturated rings. The van der Waals surface area contributed by atoms with Crippen molar-refractivity contribution in [1.29, 1.82) is 0 Å². The quantitative estimate of drug-likeness (QED) is 0.374. The molecule has 0 aliphatic carbocycles. The third kappa shape index (κ3) is 5.39. The number of hydrogen-bond donors (Lipinski definition) is 2. The number of rotatable bonds is 8. The van der Waals surface area contributed by atoms with Gasteiger partial charge in [0.15, 0.2) is 0 Å². The van der Waals surface area contributed by atoms with Crippen LogP contribution in [0.3, 0.4) is 0 Å². The first kappa shape index (κ1) is 23.5. The summed E-state index contributed by atoms with van der Waals surface area (Å²) >= 11 is 0. The molecule has 1 amide bonds. The number of carbonyl (C=O) groups excluding carboxylic acids is 1. The second kappa shape index (κ2) is 9.57. The number of nitrogens with one attached hydrogen (secondary N) is 2. The average molecular weight is 471 g/mol. The van der Waals surface area contributed by atoms with Crippen molar-refractivity contribution in [2.45, 2.75) is 11.8 Å². The first-order chi connectivity index (χ1) is 15.6. The number of ether oxygens (including phenoxy) is 2. The van der Waals surface area contributed by atoms with Crippen LogP contribution in [0, 0.1) is 17.0 Å². The van der Waals surface area contributed by atoms with Gasteiger partial charge in [-0.3, -0.25) is 19.6 Å². The van der Waals surface area contributed by atoms with Gasteiger partial charge >= 0.3 is 0 Å². The number of carbonyl (C=O) groups is 1. The fraction of sp³-hybridized carbons (Fsp3) is 0.136. The predicted molar refractivity (Wildman–Crippen MR) is 123 cm³/mol. The molecule has 0 saturated carbocycles. The van der Waals surface area contributed by atoms with E-state index in [0.717, 1.165) is 6.07 Å². The fourth-order valence-electron chi connectivity index (χ4n) is 2.98. The van der Waals surface area contributed by atoms with Crippen molar-refractivity contribution >= 4 is 33.0 Å². The number of amides is 1. The Kier molecular flexibility index (Phi) is 6.83. The number of aryl methyl sites for hydroxylation is 1. The zero-order valence-electron chi connectivity index (χ0n) is 18.0. The van der Waals surface area contributed by atoms with Crippen molar-refractivity contribution in [3.8, 4) is 11.5 Å². The Bertz CT molecular complexity index is 1310. The molecule has 0 atom stereocenters. The molecule has 0 unspecified atom stereocenters. The molecule has 0 aliphatic heterocycles. The molecular formula is C22H21N3O7S. The van der Waals surface area contributed by atoms with Gasteiger partial charge in [0.1, 0.15) is 16.4 Å². The van der Waals surface area contributed by atoms with Gasteiger partial charge in [0.2, 0.25) is 0 Å². The van der Waals surface area contributed by atoms with Gasteiger partial charge in [0.05, 0.1) is 19.1 Å². The highest BCUT2D eigenvalue weighted by Gasteiger charge is 2.22. The van der Waals surface area contributed by atoms with Crippen LogP contribution >= 0.6 is 0 Å². The van der Waals surface area contributed by atoms with E-state index in [1.165, 1.54) is 44.6 Å². The number of nitrogens with zero attached hydrogens (tertiary/aromatic N) is 1. The maximum absolute atomic E-state index is 13.0. The minimum absolute atomic E-state index is 0.0592. The Labute approximate surface area is 190 Å². The highest BCUT2D eigenvalue weighted by Crippen LogP contribution is 2.30. The van der Waals surface area contributed by atoms with E-state index >= 15 is 0 Å². The van der Waals surface area contributed by atoms with Crippen molar-refractivity contribution < 1.29 is 27.6 Å². The number of sulfonamides is 1. The molecule has 172 valence electrons. The predicted octanol–water partition coefficient (Wildman–Crippen LogP) is 3.97. The SMILES string of the molecule is COc1ccc(NS(=O)(=O)c2cc(NC(=O)c3ccc(C)c([N+](=O)[O-])c3)ccc2OC)cc1. The Hall–Kier alpha value is -4.12. The lowest BCUT2D eigenvalue weighted by atomic mass is 10.1. The summed E-state index contributed by atoms with van der Waals surface area (Å²) in [6, 6.07) is 14.5. The second-order valence-electron chi connectivity index (χ2n) is 6.91. The van der Waals surface area contributed by atoms with Gasteiger partial charge in [0.25, 0.3) is 21.6 Å². The zero-order chi connectivity index (χ0) is 24.2. The van der Waals surface area contributed by atoms with Crippen molar-refractivity contribution in [3.05, 3.63) is 81.9 Å². The van der Waals surface area contributed by atoms with E-state index in [1.807, 2.05) is 0 Å². The normalized spacial score (nSPS) is 10.9. The Morgan fingerprint density at radius 3 is 2.21 bits per heavy atom. The number of methoxy groups -OCH3 is 2. The smallest absolute Gasteiger partial charge is 0.273 e. The number of nitro benzene ring substituents is 1. The van der Waals surface area contributed by atoms with Crippen LogP contribution in [-0.2, 0) is 10.0 Å². The minimum atomic E-state index is -4.08. The summed E-state index contributed by atoms with van der Waals surface area (Å²) in [6.07, 6.45) is 0. The van der Waals surface area contributed by atoms with Crippen LogP contribution in [0.15, 0.2) is 65.6 Å². The molecule has 2 N–H and O–H groups in total. The van der Waals surface area contributed by atoms with Crippen LogP contribution in [-0.4, -0.2) is 33.5 Å². The highest BCUT2D eigenvalue weighted by atomic mass is 32.2. The summed E-state index contributed by atoms with van der Waals surface area (Å²) in [5.41, 5.74) is 0.755. The van der Waals surface area contributed by atoms with Gasteiger partial charge in [-0.15, -0.1) is 0 Å². The largest absolute Gasteiger partial charge is 0.497 e. The van der Waals surface area contributed by atoms with Gasteiger partial charge in [0, 0.05) is 28.6 Å². The van der Waals surface area contributed by atoms with E-state index in [0.29, 0.717) is 17.0 Å². The van der Waals surface area contributed by atoms with Crippen LogP contribution in [0.1, 0.15) is 15.9 Å². The van der Waals surface area contributed by atoms with Crippen LogP contribution < -0.4 is 19.5 Å². The van der Waals surface area contributed by atoms with E-state index in [-0.39, 0.29) is 27.6 Å². The molecule has 33 heavy (non-hydrogen) atoms. The summed E-state index contributed by atoms with van der Waals surface area (Å²) in [4.78, 5) is 23.0. The standard InChI is InChI=1S/C22H21N3O7S/c1-14-4-5-15(12-19(14)25(27)28)22(26)23-17-8-11-20(32-3)21(13-17)33(29,30)24-16-6-9-18(31-2)10-7-16/h4-13,24H,1-3H3,(H,23,26). The number of anilines is 2. The molecule has 0 bridgehead atoms. The number of hydrogen-bond acceptors (Lipinski definition) is 7. The maximum atomic E-state index is 13.0. The first-order valence-electron chi connectivity index (χ1n) is 9.56. The molecule has 0 aromatic heterocycles. The highest BCUT2D eigenvalue weighted by molar-refractivity contribution is 7.92. The lowest BCUT2D eigenvalue weighted by Crippen LogP contribution is -2.16. The number of benzene rings is 3. The molecule has 0 saturated heterocycles. The van der Waals surface area contributed by atoms with Gasteiger partial charge in [-0.25, -0.2) is 8.42 Å². The maximum Gasteiger partial charge on any atom is 0.273 e. The fourth-order valence-corrected chi connectivity index (χ4v) is 4.24. The lowest BCUT2D eigenvalue weighted by Gasteiger charge is -2.14. The summed E-state index contributed by atoms with van der Waals surface area (Å²) in [6.45, 7) is 1.57. The van der Waals surface area contributed by atoms with Gasteiger partial charge < -0.3 is 14.8 Å². The summed E-state index contributed by atoms with van der Waals surface area (Å²) in [5.74, 6) is 0.00583. The number of nitro groups is 1.